The molecule has 2 heteroatoms. The second-order valence-corrected chi connectivity index (χ2v) is 4.60. The molecule has 0 spiro atoms. The Hall–Kier alpha value is -1.67. The van der Waals surface area contributed by atoms with E-state index in [0.29, 0.717) is 0 Å². The van der Waals surface area contributed by atoms with Crippen LogP contribution in [0.1, 0.15) is 10.4 Å². The molecular formula is C14H12OS. The Bertz CT molecular complexity index is 620. The fourth-order valence-electron chi connectivity index (χ4n) is 1.57. The molecule has 80 valence electrons. The van der Waals surface area contributed by atoms with Crippen LogP contribution in [-0.4, -0.2) is 0 Å². The lowest BCUT2D eigenvalue weighted by molar-refractivity contribution is 1.45. The molecule has 0 radical (unpaired) electrons. The molecule has 1 aromatic carbocycles. The number of allylic oxidation sites excluding steroid dienone is 2. The van der Waals surface area contributed by atoms with Gasteiger partial charge in [0, 0.05) is 20.5 Å². The van der Waals surface area contributed by atoms with Crippen molar-refractivity contribution in [2.24, 2.45) is 0 Å². The fourth-order valence-corrected chi connectivity index (χ4v) is 2.61. The van der Waals surface area contributed by atoms with E-state index >= 15 is 0 Å². The summed E-state index contributed by atoms with van der Waals surface area (Å²) in [4.78, 5) is 13.1. The van der Waals surface area contributed by atoms with Gasteiger partial charge in [-0.25, -0.2) is 0 Å². The van der Waals surface area contributed by atoms with Crippen LogP contribution in [0.4, 0.5) is 0 Å². The molecular weight excluding hydrogens is 216 g/mol. The van der Waals surface area contributed by atoms with Crippen LogP contribution >= 0.6 is 11.3 Å². The first-order chi connectivity index (χ1) is 7.74. The van der Waals surface area contributed by atoms with Gasteiger partial charge in [0.1, 0.15) is 0 Å². The second-order valence-electron chi connectivity index (χ2n) is 3.51. The van der Waals surface area contributed by atoms with E-state index < -0.39 is 0 Å². The minimum absolute atomic E-state index is 0.123. The highest BCUT2D eigenvalue weighted by molar-refractivity contribution is 7.19. The van der Waals surface area contributed by atoms with Crippen LogP contribution in [0.3, 0.4) is 0 Å². The van der Waals surface area contributed by atoms with Crippen molar-refractivity contribution in [1.82, 2.24) is 0 Å². The summed E-state index contributed by atoms with van der Waals surface area (Å²) in [6.07, 6.45) is 5.50. The summed E-state index contributed by atoms with van der Waals surface area (Å²) in [5, 5.41) is 0.806. The van der Waals surface area contributed by atoms with Crippen molar-refractivity contribution in [3.05, 3.63) is 63.7 Å². The maximum Gasteiger partial charge on any atom is 0.191 e. The summed E-state index contributed by atoms with van der Waals surface area (Å²) in [5.41, 5.74) is 0.930. The largest absolute Gasteiger partial charge is 0.289 e. The fraction of sp³-hybridized carbons (Fsp3) is 0.0714. The normalized spacial score (nSPS) is 11.1. The van der Waals surface area contributed by atoms with Crippen LogP contribution < -0.4 is 5.43 Å². The highest BCUT2D eigenvalue weighted by Crippen LogP contribution is 2.22. The van der Waals surface area contributed by atoms with Crippen molar-refractivity contribution in [2.45, 2.75) is 6.92 Å². The number of rotatable bonds is 2. The molecule has 0 unspecified atom stereocenters. The lowest BCUT2D eigenvalue weighted by Crippen LogP contribution is -2.05. The van der Waals surface area contributed by atoms with Crippen LogP contribution in [0.5, 0.6) is 0 Å². The van der Waals surface area contributed by atoms with Gasteiger partial charge < -0.3 is 0 Å². The smallest absolute Gasteiger partial charge is 0.191 e. The highest BCUT2D eigenvalue weighted by atomic mass is 32.1. The van der Waals surface area contributed by atoms with Crippen LogP contribution in [0, 0.1) is 6.92 Å². The summed E-state index contributed by atoms with van der Waals surface area (Å²) >= 11 is 1.63. The van der Waals surface area contributed by atoms with E-state index in [1.54, 1.807) is 17.4 Å². The van der Waals surface area contributed by atoms with Crippen LogP contribution in [-0.2, 0) is 0 Å². The van der Waals surface area contributed by atoms with Crippen LogP contribution in [0.15, 0.2) is 47.8 Å². The van der Waals surface area contributed by atoms with Crippen molar-refractivity contribution >= 4 is 27.5 Å². The molecule has 1 heterocycles. The summed E-state index contributed by atoms with van der Waals surface area (Å²) in [5.74, 6) is 0. The molecule has 2 aromatic rings. The first-order valence-corrected chi connectivity index (χ1v) is 5.87. The monoisotopic (exact) mass is 228 g/mol. The van der Waals surface area contributed by atoms with Gasteiger partial charge in [-0.05, 0) is 25.1 Å². The molecule has 0 amide bonds. The summed E-state index contributed by atoms with van der Waals surface area (Å²) in [7, 11) is 0. The van der Waals surface area contributed by atoms with E-state index in [4.69, 9.17) is 0 Å². The van der Waals surface area contributed by atoms with Crippen molar-refractivity contribution in [3.63, 3.8) is 0 Å². The van der Waals surface area contributed by atoms with Gasteiger partial charge >= 0.3 is 0 Å². The molecule has 1 aromatic heterocycles. The third-order valence-corrected chi connectivity index (χ3v) is 3.68. The van der Waals surface area contributed by atoms with Gasteiger partial charge in [-0.3, -0.25) is 4.79 Å². The van der Waals surface area contributed by atoms with Crippen molar-refractivity contribution in [1.29, 1.82) is 0 Å². The number of hydrogen-bond acceptors (Lipinski definition) is 2. The van der Waals surface area contributed by atoms with Crippen molar-refractivity contribution < 1.29 is 0 Å². The number of fused-ring (bicyclic) bond motifs is 1. The average molecular weight is 228 g/mol. The number of benzene rings is 1. The first kappa shape index (κ1) is 10.8. The third-order valence-electron chi connectivity index (χ3n) is 2.45. The minimum atomic E-state index is 0.123. The maximum absolute atomic E-state index is 12.1. The van der Waals surface area contributed by atoms with E-state index in [-0.39, 0.29) is 5.43 Å². The molecule has 2 rings (SSSR count). The zero-order valence-corrected chi connectivity index (χ0v) is 9.88. The molecule has 0 saturated carbocycles. The molecule has 0 aliphatic heterocycles. The summed E-state index contributed by atoms with van der Waals surface area (Å²) in [6, 6.07) is 7.71. The molecule has 0 N–H and O–H groups in total. The molecule has 0 aliphatic rings. The molecule has 0 fully saturated rings. The lowest BCUT2D eigenvalue weighted by Gasteiger charge is -2.01. The van der Waals surface area contributed by atoms with Crippen LogP contribution in [0.2, 0.25) is 0 Å². The molecule has 1 nitrogen and oxygen atoms in total. The van der Waals surface area contributed by atoms with E-state index in [1.165, 1.54) is 0 Å². The lowest BCUT2D eigenvalue weighted by atomic mass is 10.2. The standard InChI is InChI=1S/C14H12OS/c1-3-4-8-12-10(2)14(15)11-7-5-6-9-13(11)16-12/h3-9H,1H2,2H3/b8-4-. The Morgan fingerprint density at radius 2 is 2.06 bits per heavy atom. The Labute approximate surface area is 98.4 Å². The Balaban J connectivity index is 2.78. The topological polar surface area (TPSA) is 17.1 Å². The van der Waals surface area contributed by atoms with Crippen molar-refractivity contribution in [3.8, 4) is 0 Å². The first-order valence-electron chi connectivity index (χ1n) is 5.05. The van der Waals surface area contributed by atoms with Crippen molar-refractivity contribution in [2.75, 3.05) is 0 Å². The summed E-state index contributed by atoms with van der Waals surface area (Å²) < 4.78 is 1.03. The van der Waals surface area contributed by atoms with Gasteiger partial charge in [0.05, 0.1) is 0 Å². The Morgan fingerprint density at radius 1 is 1.31 bits per heavy atom. The van der Waals surface area contributed by atoms with Gasteiger partial charge in [0.15, 0.2) is 5.43 Å². The van der Waals surface area contributed by atoms with Gasteiger partial charge in [0.2, 0.25) is 0 Å². The zero-order chi connectivity index (χ0) is 11.5. The van der Waals surface area contributed by atoms with E-state index in [9.17, 15) is 4.79 Å². The van der Waals surface area contributed by atoms with Gasteiger partial charge in [0.25, 0.3) is 0 Å². The quantitative estimate of drug-likeness (QED) is 0.715. The van der Waals surface area contributed by atoms with Crippen LogP contribution in [0.25, 0.3) is 16.2 Å². The molecule has 0 saturated heterocycles. The predicted molar refractivity (Wildman–Crippen MR) is 72.1 cm³/mol. The highest BCUT2D eigenvalue weighted by Gasteiger charge is 2.05. The van der Waals surface area contributed by atoms with E-state index in [2.05, 4.69) is 6.58 Å². The molecule has 0 bridgehead atoms. The third kappa shape index (κ3) is 1.84. The molecule has 0 aliphatic carbocycles. The van der Waals surface area contributed by atoms with Gasteiger partial charge in [-0.1, -0.05) is 30.9 Å². The maximum atomic E-state index is 12.1. The molecule has 0 atom stereocenters. The Kier molecular flexibility index (Phi) is 3.02. The van der Waals surface area contributed by atoms with Gasteiger partial charge in [-0.15, -0.1) is 11.3 Å². The zero-order valence-electron chi connectivity index (χ0n) is 9.07. The number of hydrogen-bond donors (Lipinski definition) is 0. The molecule has 16 heavy (non-hydrogen) atoms. The van der Waals surface area contributed by atoms with E-state index in [0.717, 1.165) is 20.5 Å². The summed E-state index contributed by atoms with van der Waals surface area (Å²) in [6.45, 7) is 5.50. The second kappa shape index (κ2) is 4.45. The predicted octanol–water partition coefficient (Wildman–Crippen LogP) is 3.77. The van der Waals surface area contributed by atoms with E-state index in [1.807, 2.05) is 43.3 Å². The SMILES string of the molecule is C=C/C=C\c1sc2ccccc2c(=O)c1C. The Morgan fingerprint density at radius 3 is 2.81 bits per heavy atom. The average Bonchev–Trinajstić information content (AvgIpc) is 2.32. The minimum Gasteiger partial charge on any atom is -0.289 e. The van der Waals surface area contributed by atoms with Gasteiger partial charge in [-0.2, -0.15) is 0 Å².